The number of hydrogen-bond donors (Lipinski definition) is 7. The van der Waals surface area contributed by atoms with Crippen LogP contribution >= 0.6 is 0 Å². The molecule has 0 spiro atoms. The zero-order valence-corrected chi connectivity index (χ0v) is 26.7. The highest BCUT2D eigenvalue weighted by molar-refractivity contribution is 6.20. The molecule has 2 heterocycles. The molecule has 0 aromatic heterocycles. The minimum atomic E-state index is -4.58. The van der Waals surface area contributed by atoms with E-state index in [1.54, 1.807) is 0 Å². The molecular weight excluding hydrogens is 640 g/mol. The minimum Gasteiger partial charge on any atom is -0.444 e. The van der Waals surface area contributed by atoms with E-state index >= 15 is 0 Å². The van der Waals surface area contributed by atoms with Crippen molar-refractivity contribution in [1.82, 2.24) is 0 Å². The molecule has 2 aliphatic heterocycles. The van der Waals surface area contributed by atoms with E-state index in [1.165, 1.54) is 0 Å². The molecule has 1 unspecified atom stereocenters. The van der Waals surface area contributed by atoms with Crippen LogP contribution < -0.4 is 0 Å². The summed E-state index contributed by atoms with van der Waals surface area (Å²) in [6.45, 7) is 0.397. The van der Waals surface area contributed by atoms with Crippen molar-refractivity contribution >= 4 is 46.5 Å². The largest absolute Gasteiger partial charge is 0.444 e. The molecule has 2 fully saturated rings. The molecular formula is C28H38O19. The SMILES string of the molecule is CC(=O)O[C@@]1(C(C)=O)[C@@](O)(C(C)=O)[C@](O)(C(C)=O)[C@@](OC2(CO)O[C@H](CO)[C@@H](O)[C@@H]2O)(C(C)=O)O[C@]1(C(C)=O)C(O)(C(C)=O)C(C)=O. The van der Waals surface area contributed by atoms with Gasteiger partial charge in [0.1, 0.15) is 24.9 Å². The molecule has 264 valence electrons. The molecule has 0 aromatic rings. The van der Waals surface area contributed by atoms with Gasteiger partial charge < -0.3 is 54.7 Å². The molecule has 7 N–H and O–H groups in total. The summed E-state index contributed by atoms with van der Waals surface area (Å²) in [6.07, 6.45) is -6.65. The number of carbonyl (C=O) groups is 8. The van der Waals surface area contributed by atoms with Crippen LogP contribution in [0.5, 0.6) is 0 Å². The molecule has 2 aliphatic rings. The Labute approximate surface area is 266 Å². The van der Waals surface area contributed by atoms with E-state index < -0.39 is 118 Å². The van der Waals surface area contributed by atoms with Gasteiger partial charge in [-0.15, -0.1) is 0 Å². The predicted molar refractivity (Wildman–Crippen MR) is 146 cm³/mol. The van der Waals surface area contributed by atoms with Crippen molar-refractivity contribution in [1.29, 1.82) is 0 Å². The highest BCUT2D eigenvalue weighted by atomic mass is 16.8. The lowest BCUT2D eigenvalue weighted by Gasteiger charge is -2.67. The lowest BCUT2D eigenvalue weighted by Crippen LogP contribution is -2.99. The Hall–Kier alpha value is -3.24. The van der Waals surface area contributed by atoms with Crippen LogP contribution in [-0.2, 0) is 57.3 Å². The van der Waals surface area contributed by atoms with Gasteiger partial charge in [0.15, 0.2) is 40.5 Å². The monoisotopic (exact) mass is 678 g/mol. The minimum absolute atomic E-state index is 0.338. The van der Waals surface area contributed by atoms with Gasteiger partial charge in [-0.1, -0.05) is 0 Å². The average molecular weight is 679 g/mol. The van der Waals surface area contributed by atoms with Gasteiger partial charge in [-0.05, 0) is 41.5 Å². The van der Waals surface area contributed by atoms with Crippen LogP contribution in [0.3, 0.4) is 0 Å². The van der Waals surface area contributed by atoms with Gasteiger partial charge in [-0.3, -0.25) is 38.4 Å². The zero-order chi connectivity index (χ0) is 37.1. The molecule has 0 aromatic carbocycles. The second kappa shape index (κ2) is 12.3. The predicted octanol–water partition coefficient (Wildman–Crippen LogP) is -5.11. The standard InChI is InChI=1S/C28H38O19/c1-11(31)23(41,12(2)32)26(15(5)35)27(16(6)36,44-18(8)38)24(42,13(3)33)25(43,14(4)34)28(47-26,17(7)37)46-22(10-30)21(40)20(39)19(9-29)45-22/h19-21,29-30,39-43H,9-10H2,1-8H3/t19-,20-,21+,22?,24-,25-,26-,27+,28-/m1/s1. The van der Waals surface area contributed by atoms with Crippen molar-refractivity contribution < 1.29 is 93.0 Å². The van der Waals surface area contributed by atoms with Crippen LogP contribution in [0.1, 0.15) is 55.4 Å². The van der Waals surface area contributed by atoms with Crippen LogP contribution in [-0.4, -0.2) is 153 Å². The van der Waals surface area contributed by atoms with Crippen LogP contribution in [0.15, 0.2) is 0 Å². The first kappa shape index (κ1) is 39.9. The Kier molecular flexibility index (Phi) is 10.5. The molecule has 2 rings (SSSR count). The van der Waals surface area contributed by atoms with Gasteiger partial charge in [0.25, 0.3) is 5.79 Å². The lowest BCUT2D eigenvalue weighted by molar-refractivity contribution is -0.465. The van der Waals surface area contributed by atoms with Crippen molar-refractivity contribution in [3.8, 4) is 0 Å². The molecule has 2 saturated heterocycles. The maximum Gasteiger partial charge on any atom is 0.303 e. The Bertz CT molecular complexity index is 1410. The summed E-state index contributed by atoms with van der Waals surface area (Å²) in [7, 11) is 0. The van der Waals surface area contributed by atoms with Gasteiger partial charge in [0.2, 0.25) is 33.8 Å². The van der Waals surface area contributed by atoms with Crippen LogP contribution in [0.2, 0.25) is 0 Å². The van der Waals surface area contributed by atoms with Gasteiger partial charge in [0, 0.05) is 13.8 Å². The molecule has 0 radical (unpaired) electrons. The summed E-state index contributed by atoms with van der Waals surface area (Å²) in [6, 6.07) is 0. The number of rotatable bonds is 13. The zero-order valence-electron chi connectivity index (χ0n) is 26.7. The normalized spacial score (nSPS) is 38.7. The number of aliphatic hydroxyl groups is 7. The number of ketones is 7. The van der Waals surface area contributed by atoms with Crippen LogP contribution in [0.4, 0.5) is 0 Å². The van der Waals surface area contributed by atoms with Crippen molar-refractivity contribution in [3.63, 3.8) is 0 Å². The van der Waals surface area contributed by atoms with Crippen molar-refractivity contribution in [3.05, 3.63) is 0 Å². The molecule has 0 aliphatic carbocycles. The van der Waals surface area contributed by atoms with E-state index in [-0.39, 0.29) is 0 Å². The third kappa shape index (κ3) is 4.56. The first-order valence-electron chi connectivity index (χ1n) is 13.8. The second-order valence-corrected chi connectivity index (χ2v) is 11.5. The van der Waals surface area contributed by atoms with Gasteiger partial charge in [0.05, 0.1) is 6.61 Å². The third-order valence-corrected chi connectivity index (χ3v) is 8.82. The molecule has 19 heteroatoms. The van der Waals surface area contributed by atoms with E-state index in [0.29, 0.717) is 55.4 Å². The van der Waals surface area contributed by atoms with Crippen molar-refractivity contribution in [2.24, 2.45) is 0 Å². The quantitative estimate of drug-likeness (QED) is 0.0707. The molecule has 19 nitrogen and oxygen atoms in total. The fourth-order valence-electron chi connectivity index (χ4n) is 6.67. The summed E-state index contributed by atoms with van der Waals surface area (Å²) >= 11 is 0. The highest BCUT2D eigenvalue weighted by Gasteiger charge is 2.95. The third-order valence-electron chi connectivity index (χ3n) is 8.82. The van der Waals surface area contributed by atoms with Gasteiger partial charge >= 0.3 is 5.97 Å². The Morgan fingerprint density at radius 1 is 0.723 bits per heavy atom. The number of hydrogen-bond acceptors (Lipinski definition) is 19. The maximum absolute atomic E-state index is 14.0. The summed E-state index contributed by atoms with van der Waals surface area (Å²) in [5, 5.41) is 78.2. The summed E-state index contributed by atoms with van der Waals surface area (Å²) in [5.41, 5.74) is -21.9. The fraction of sp³-hybridized carbons (Fsp3) is 0.714. The molecule has 9 atom stereocenters. The van der Waals surface area contributed by atoms with E-state index in [9.17, 15) is 74.1 Å². The van der Waals surface area contributed by atoms with Crippen LogP contribution in [0.25, 0.3) is 0 Å². The fourth-order valence-corrected chi connectivity index (χ4v) is 6.67. The number of aliphatic hydroxyl groups excluding tert-OH is 4. The van der Waals surface area contributed by atoms with Gasteiger partial charge in [-0.2, -0.15) is 0 Å². The molecule has 0 bridgehead atoms. The Morgan fingerprint density at radius 3 is 1.47 bits per heavy atom. The lowest BCUT2D eigenvalue weighted by atomic mass is 9.49. The first-order valence-corrected chi connectivity index (χ1v) is 13.8. The summed E-state index contributed by atoms with van der Waals surface area (Å²) in [4.78, 5) is 108. The number of esters is 1. The summed E-state index contributed by atoms with van der Waals surface area (Å²) in [5.74, 6) is -22.8. The number of carbonyl (C=O) groups excluding carboxylic acids is 8. The van der Waals surface area contributed by atoms with E-state index in [2.05, 4.69) is 0 Å². The number of Topliss-reactive ketones (excluding diaryl/α,β-unsaturated/α-hetero) is 7. The molecule has 0 saturated carbocycles. The second-order valence-electron chi connectivity index (χ2n) is 11.5. The summed E-state index contributed by atoms with van der Waals surface area (Å²) < 4.78 is 21.6. The Balaban J connectivity index is 3.59. The molecule has 0 amide bonds. The van der Waals surface area contributed by atoms with E-state index in [4.69, 9.17) is 18.9 Å². The van der Waals surface area contributed by atoms with Crippen molar-refractivity contribution in [2.75, 3.05) is 13.2 Å². The first-order chi connectivity index (χ1) is 21.2. The maximum atomic E-state index is 14.0. The highest BCUT2D eigenvalue weighted by Crippen LogP contribution is 2.62. The number of ether oxygens (including phenoxy) is 4. The smallest absolute Gasteiger partial charge is 0.303 e. The van der Waals surface area contributed by atoms with E-state index in [1.807, 2.05) is 0 Å². The average Bonchev–Trinajstić information content (AvgIpc) is 3.19. The molecule has 47 heavy (non-hydrogen) atoms. The van der Waals surface area contributed by atoms with Crippen molar-refractivity contribution in [2.45, 2.75) is 113 Å². The van der Waals surface area contributed by atoms with Gasteiger partial charge in [-0.25, -0.2) is 0 Å². The topological polar surface area (TPSA) is 315 Å². The van der Waals surface area contributed by atoms with E-state index in [0.717, 1.165) is 0 Å². The Morgan fingerprint density at radius 2 is 1.19 bits per heavy atom. The van der Waals surface area contributed by atoms with Crippen LogP contribution in [0, 0.1) is 0 Å².